The third kappa shape index (κ3) is 7.33. The number of aryl methyl sites for hydroxylation is 2. The Morgan fingerprint density at radius 2 is 1.34 bits per heavy atom. The van der Waals surface area contributed by atoms with Gasteiger partial charge in [-0.05, 0) is 62.1 Å². The van der Waals surface area contributed by atoms with Crippen molar-refractivity contribution in [3.8, 4) is 23.0 Å². The molecule has 0 bridgehead atoms. The third-order valence-corrected chi connectivity index (χ3v) is 6.60. The van der Waals surface area contributed by atoms with Crippen LogP contribution in [0.2, 0.25) is 0 Å². The minimum atomic E-state index is -1.05. The van der Waals surface area contributed by atoms with Gasteiger partial charge in [0.05, 0.1) is 21.3 Å². The van der Waals surface area contributed by atoms with Crippen molar-refractivity contribution in [3.05, 3.63) is 76.6 Å². The lowest BCUT2D eigenvalue weighted by atomic mass is 9.86. The maximum atomic E-state index is 13.2. The Hall–Kier alpha value is -4.60. The quantitative estimate of drug-likeness (QED) is 0.335. The van der Waals surface area contributed by atoms with Crippen LogP contribution in [0.15, 0.2) is 48.7 Å². The Balaban J connectivity index is 1.87. The molecule has 2 aromatic carbocycles. The van der Waals surface area contributed by atoms with Crippen molar-refractivity contribution in [2.24, 2.45) is 0 Å². The molecule has 0 fully saturated rings. The highest BCUT2D eigenvalue weighted by Crippen LogP contribution is 2.36. The van der Waals surface area contributed by atoms with Crippen molar-refractivity contribution in [3.63, 3.8) is 0 Å². The second kappa shape index (κ2) is 13.6. The van der Waals surface area contributed by atoms with Crippen LogP contribution in [0.5, 0.6) is 23.0 Å². The Kier molecular flexibility index (Phi) is 10.3. The first-order valence-corrected chi connectivity index (χ1v) is 13.0. The maximum absolute atomic E-state index is 13.2. The van der Waals surface area contributed by atoms with Crippen molar-refractivity contribution in [2.45, 2.75) is 52.7 Å². The third-order valence-electron chi connectivity index (χ3n) is 6.60. The minimum Gasteiger partial charge on any atom is -0.496 e. The molecule has 1 aromatic heterocycles. The maximum Gasteiger partial charge on any atom is 0.328 e. The molecule has 10 nitrogen and oxygen atoms in total. The van der Waals surface area contributed by atoms with Gasteiger partial charge in [-0.1, -0.05) is 24.3 Å². The predicted octanol–water partition coefficient (Wildman–Crippen LogP) is 4.53. The number of ether oxygens (including phenoxy) is 5. The fraction of sp³-hybridized carbons (Fsp3) is 0.355. The molecule has 0 unspecified atom stereocenters. The highest BCUT2D eigenvalue weighted by molar-refractivity contribution is 5.98. The smallest absolute Gasteiger partial charge is 0.328 e. The molecule has 0 saturated heterocycles. The molecule has 218 valence electrons. The Bertz CT molecular complexity index is 1370. The van der Waals surface area contributed by atoms with Gasteiger partial charge in [-0.15, -0.1) is 0 Å². The van der Waals surface area contributed by atoms with Gasteiger partial charge < -0.3 is 29.0 Å². The van der Waals surface area contributed by atoms with Gasteiger partial charge in [0.1, 0.15) is 23.6 Å². The normalized spacial score (nSPS) is 12.2. The first kappa shape index (κ1) is 30.9. The Morgan fingerprint density at radius 3 is 1.83 bits per heavy atom. The summed E-state index contributed by atoms with van der Waals surface area (Å²) in [5.41, 5.74) is 3.49. The van der Waals surface area contributed by atoms with Crippen LogP contribution in [0.25, 0.3) is 0 Å². The van der Waals surface area contributed by atoms with E-state index in [9.17, 15) is 14.4 Å². The molecule has 1 amide bonds. The van der Waals surface area contributed by atoms with Crippen LogP contribution >= 0.6 is 0 Å². The van der Waals surface area contributed by atoms with Crippen LogP contribution in [0.3, 0.4) is 0 Å². The Morgan fingerprint density at radius 1 is 0.805 bits per heavy atom. The van der Waals surface area contributed by atoms with E-state index in [1.165, 1.54) is 33.2 Å². The van der Waals surface area contributed by atoms with Crippen molar-refractivity contribution in [2.75, 3.05) is 21.3 Å². The highest BCUT2D eigenvalue weighted by Gasteiger charge is 2.30. The van der Waals surface area contributed by atoms with Crippen LogP contribution in [-0.2, 0) is 14.3 Å². The standard InChI is InChI=1S/C31H36N2O8/c1-17-9-11-22(15-25(17)38-7)27(23-12-10-18(2)26(16-23)39-8)20(4)40-31(36)19(3)33-30(35)28-29(41-21(5)34)24(37-6)13-14-32-28/h9-16,19-20,27H,1-8H3,(H,33,35)/t19-,20-/m0/s1. The second-order valence-electron chi connectivity index (χ2n) is 9.56. The second-order valence-corrected chi connectivity index (χ2v) is 9.56. The number of methoxy groups -OCH3 is 3. The molecular formula is C31H36N2O8. The summed E-state index contributed by atoms with van der Waals surface area (Å²) in [7, 11) is 4.58. The van der Waals surface area contributed by atoms with Crippen molar-refractivity contribution in [1.29, 1.82) is 0 Å². The molecule has 10 heteroatoms. The topological polar surface area (TPSA) is 122 Å². The number of esters is 2. The molecule has 3 aromatic rings. The zero-order valence-electron chi connectivity index (χ0n) is 24.6. The first-order chi connectivity index (χ1) is 19.5. The van der Waals surface area contributed by atoms with Crippen LogP contribution in [0, 0.1) is 13.8 Å². The largest absolute Gasteiger partial charge is 0.496 e. The number of amides is 1. The molecule has 41 heavy (non-hydrogen) atoms. The van der Waals surface area contributed by atoms with Crippen LogP contribution in [-0.4, -0.2) is 56.3 Å². The SMILES string of the molecule is COc1cc(C(c2ccc(C)c(OC)c2)[C@H](C)OC(=O)[C@H](C)NC(=O)c2nccc(OC)c2OC(C)=O)ccc1C. The van der Waals surface area contributed by atoms with Crippen molar-refractivity contribution >= 4 is 17.8 Å². The molecular weight excluding hydrogens is 528 g/mol. The summed E-state index contributed by atoms with van der Waals surface area (Å²) in [6.07, 6.45) is 0.690. The van der Waals surface area contributed by atoms with E-state index in [1.807, 2.05) is 50.2 Å². The van der Waals surface area contributed by atoms with E-state index in [4.69, 9.17) is 23.7 Å². The summed E-state index contributed by atoms with van der Waals surface area (Å²) in [5.74, 6) is -1.00. The number of nitrogens with zero attached hydrogens (tertiary/aromatic N) is 1. The van der Waals surface area contributed by atoms with Crippen LogP contribution < -0.4 is 24.3 Å². The van der Waals surface area contributed by atoms with Gasteiger partial charge in [-0.2, -0.15) is 0 Å². The number of rotatable bonds is 11. The lowest BCUT2D eigenvalue weighted by Gasteiger charge is -2.27. The van der Waals surface area contributed by atoms with Gasteiger partial charge in [0.15, 0.2) is 11.4 Å². The van der Waals surface area contributed by atoms with Gasteiger partial charge in [0.2, 0.25) is 5.75 Å². The summed E-state index contributed by atoms with van der Waals surface area (Å²) in [6.45, 7) is 8.38. The molecule has 2 atom stereocenters. The molecule has 3 rings (SSSR count). The number of benzene rings is 2. The van der Waals surface area contributed by atoms with E-state index < -0.39 is 30.0 Å². The van der Waals surface area contributed by atoms with Gasteiger partial charge in [-0.3, -0.25) is 9.59 Å². The lowest BCUT2D eigenvalue weighted by molar-refractivity contribution is -0.150. The monoisotopic (exact) mass is 564 g/mol. The molecule has 1 heterocycles. The molecule has 0 spiro atoms. The molecule has 0 aliphatic heterocycles. The molecule has 0 aliphatic carbocycles. The van der Waals surface area contributed by atoms with E-state index in [0.717, 1.165) is 22.3 Å². The zero-order chi connectivity index (χ0) is 30.3. The highest BCUT2D eigenvalue weighted by atomic mass is 16.6. The predicted molar refractivity (Wildman–Crippen MR) is 152 cm³/mol. The Labute approximate surface area is 239 Å². The van der Waals surface area contributed by atoms with E-state index >= 15 is 0 Å². The summed E-state index contributed by atoms with van der Waals surface area (Å²) in [6, 6.07) is 12.1. The number of hydrogen-bond donors (Lipinski definition) is 1. The zero-order valence-corrected chi connectivity index (χ0v) is 24.6. The molecule has 0 saturated carbocycles. The van der Waals surface area contributed by atoms with Gasteiger partial charge >= 0.3 is 11.9 Å². The van der Waals surface area contributed by atoms with Crippen LogP contribution in [0.4, 0.5) is 0 Å². The summed E-state index contributed by atoms with van der Waals surface area (Å²) in [4.78, 5) is 41.9. The van der Waals surface area contributed by atoms with Crippen molar-refractivity contribution in [1.82, 2.24) is 10.3 Å². The average molecular weight is 565 g/mol. The summed E-state index contributed by atoms with van der Waals surface area (Å²) < 4.78 is 27.3. The summed E-state index contributed by atoms with van der Waals surface area (Å²) >= 11 is 0. The number of pyridine rings is 1. The van der Waals surface area contributed by atoms with Gasteiger partial charge in [0.25, 0.3) is 5.91 Å². The van der Waals surface area contributed by atoms with Gasteiger partial charge in [0, 0.05) is 25.1 Å². The summed E-state index contributed by atoms with van der Waals surface area (Å²) in [5, 5.41) is 2.57. The van der Waals surface area contributed by atoms with Crippen LogP contribution in [0.1, 0.15) is 59.4 Å². The molecule has 0 radical (unpaired) electrons. The minimum absolute atomic E-state index is 0.143. The number of hydrogen-bond acceptors (Lipinski definition) is 9. The number of carbonyl (C=O) groups is 3. The average Bonchev–Trinajstić information content (AvgIpc) is 2.94. The van der Waals surface area contributed by atoms with E-state index in [0.29, 0.717) is 11.5 Å². The van der Waals surface area contributed by atoms with E-state index in [1.54, 1.807) is 21.1 Å². The number of carbonyl (C=O) groups excluding carboxylic acids is 3. The van der Waals surface area contributed by atoms with Crippen molar-refractivity contribution < 1.29 is 38.1 Å². The fourth-order valence-electron chi connectivity index (χ4n) is 4.47. The van der Waals surface area contributed by atoms with E-state index in [-0.39, 0.29) is 23.1 Å². The van der Waals surface area contributed by atoms with Gasteiger partial charge in [-0.25, -0.2) is 9.78 Å². The molecule has 0 aliphatic rings. The molecule has 1 N–H and O–H groups in total. The number of aromatic nitrogens is 1. The first-order valence-electron chi connectivity index (χ1n) is 13.0. The fourth-order valence-corrected chi connectivity index (χ4v) is 4.47. The lowest BCUT2D eigenvalue weighted by Crippen LogP contribution is -2.41. The van der Waals surface area contributed by atoms with E-state index in [2.05, 4.69) is 10.3 Å². The number of nitrogens with one attached hydrogen (secondary N) is 1.